The maximum atomic E-state index is 12.8. The van der Waals surface area contributed by atoms with Crippen molar-refractivity contribution in [2.75, 3.05) is 25.0 Å². The van der Waals surface area contributed by atoms with Crippen LogP contribution in [0, 0.1) is 11.8 Å². The van der Waals surface area contributed by atoms with Crippen molar-refractivity contribution < 1.29 is 4.79 Å². The number of nitrogens with one attached hydrogen (secondary N) is 1. The van der Waals surface area contributed by atoms with Crippen LogP contribution in [0.15, 0.2) is 12.1 Å². The molecule has 0 aliphatic heterocycles. The molecule has 3 rings (SSSR count). The number of pyridine rings is 1. The fourth-order valence-electron chi connectivity index (χ4n) is 2.54. The minimum atomic E-state index is 0.0947. The molecular weight excluding hydrogens is 286 g/mol. The van der Waals surface area contributed by atoms with Crippen molar-refractivity contribution in [3.63, 3.8) is 0 Å². The summed E-state index contributed by atoms with van der Waals surface area (Å²) in [5, 5.41) is 3.49. The van der Waals surface area contributed by atoms with E-state index in [4.69, 9.17) is 11.6 Å². The average molecular weight is 308 g/mol. The number of halogens is 1. The van der Waals surface area contributed by atoms with Crippen molar-refractivity contribution >= 4 is 23.3 Å². The second-order valence-electron chi connectivity index (χ2n) is 6.19. The molecule has 2 saturated carbocycles. The highest BCUT2D eigenvalue weighted by Gasteiger charge is 2.32. The van der Waals surface area contributed by atoms with Gasteiger partial charge in [0.1, 0.15) is 11.0 Å². The van der Waals surface area contributed by atoms with Gasteiger partial charge in [0.2, 0.25) is 0 Å². The Morgan fingerprint density at radius 3 is 2.43 bits per heavy atom. The average Bonchev–Trinajstić information content (AvgIpc) is 3.32. The molecule has 0 radical (unpaired) electrons. The summed E-state index contributed by atoms with van der Waals surface area (Å²) in [5.41, 5.74) is 0.646. The summed E-state index contributed by atoms with van der Waals surface area (Å²) in [6.45, 7) is 4.54. The molecule has 2 aliphatic rings. The van der Waals surface area contributed by atoms with E-state index in [0.717, 1.165) is 19.6 Å². The molecule has 0 spiro atoms. The zero-order valence-corrected chi connectivity index (χ0v) is 13.2. The highest BCUT2D eigenvalue weighted by atomic mass is 35.5. The Balaban J connectivity index is 1.76. The normalized spacial score (nSPS) is 17.6. The van der Waals surface area contributed by atoms with E-state index in [1.54, 1.807) is 6.07 Å². The standard InChI is InChI=1S/C16H22ClN3O/c1-2-18-15-8-13(7-14(17)19-15)16(21)20(9-11-3-4-11)10-12-5-6-12/h7-8,11-12H,2-6,9-10H2,1H3,(H,18,19). The maximum Gasteiger partial charge on any atom is 0.254 e. The number of aromatic nitrogens is 1. The molecule has 2 aliphatic carbocycles. The van der Waals surface area contributed by atoms with E-state index in [2.05, 4.69) is 10.3 Å². The first-order chi connectivity index (χ1) is 10.2. The zero-order chi connectivity index (χ0) is 14.8. The largest absolute Gasteiger partial charge is 0.370 e. The quantitative estimate of drug-likeness (QED) is 0.785. The first kappa shape index (κ1) is 14.6. The fraction of sp³-hybridized carbons (Fsp3) is 0.625. The van der Waals surface area contributed by atoms with Gasteiger partial charge in [-0.3, -0.25) is 4.79 Å². The molecule has 21 heavy (non-hydrogen) atoms. The van der Waals surface area contributed by atoms with Crippen LogP contribution >= 0.6 is 11.6 Å². The predicted octanol–water partition coefficient (Wildman–Crippen LogP) is 3.43. The molecule has 0 atom stereocenters. The molecule has 5 heteroatoms. The van der Waals surface area contributed by atoms with Crippen LogP contribution in [-0.2, 0) is 0 Å². The third-order valence-electron chi connectivity index (χ3n) is 4.04. The molecular formula is C16H22ClN3O. The molecule has 114 valence electrons. The minimum absolute atomic E-state index is 0.0947. The van der Waals surface area contributed by atoms with E-state index in [1.165, 1.54) is 25.7 Å². The summed E-state index contributed by atoms with van der Waals surface area (Å²) in [7, 11) is 0. The Morgan fingerprint density at radius 2 is 1.90 bits per heavy atom. The van der Waals surface area contributed by atoms with Crippen molar-refractivity contribution in [2.24, 2.45) is 11.8 Å². The van der Waals surface area contributed by atoms with Crippen LogP contribution in [0.4, 0.5) is 5.82 Å². The van der Waals surface area contributed by atoms with Crippen molar-refractivity contribution in [1.29, 1.82) is 0 Å². The molecule has 1 N–H and O–H groups in total. The first-order valence-corrected chi connectivity index (χ1v) is 8.24. The minimum Gasteiger partial charge on any atom is -0.370 e. The molecule has 1 heterocycles. The number of amides is 1. The monoisotopic (exact) mass is 307 g/mol. The maximum absolute atomic E-state index is 12.8. The first-order valence-electron chi connectivity index (χ1n) is 7.86. The van der Waals surface area contributed by atoms with E-state index < -0.39 is 0 Å². The van der Waals surface area contributed by atoms with Gasteiger partial charge in [-0.15, -0.1) is 0 Å². The Labute approximate surface area is 130 Å². The Bertz CT molecular complexity index is 512. The Kier molecular flexibility index (Phi) is 4.34. The highest BCUT2D eigenvalue weighted by molar-refractivity contribution is 6.29. The van der Waals surface area contributed by atoms with Crippen LogP contribution < -0.4 is 5.32 Å². The van der Waals surface area contributed by atoms with Crippen molar-refractivity contribution in [3.8, 4) is 0 Å². The molecule has 0 bridgehead atoms. The third-order valence-corrected chi connectivity index (χ3v) is 4.23. The van der Waals surface area contributed by atoms with Crippen LogP contribution in [0.5, 0.6) is 0 Å². The summed E-state index contributed by atoms with van der Waals surface area (Å²) in [6, 6.07) is 3.49. The van der Waals surface area contributed by atoms with Crippen LogP contribution in [0.1, 0.15) is 43.0 Å². The number of anilines is 1. The lowest BCUT2D eigenvalue weighted by Crippen LogP contribution is -2.34. The van der Waals surface area contributed by atoms with Crippen LogP contribution in [0.3, 0.4) is 0 Å². The Hall–Kier alpha value is -1.29. The number of hydrogen-bond donors (Lipinski definition) is 1. The van der Waals surface area contributed by atoms with Gasteiger partial charge >= 0.3 is 0 Å². The number of carbonyl (C=O) groups is 1. The lowest BCUT2D eigenvalue weighted by molar-refractivity contribution is 0.0739. The lowest BCUT2D eigenvalue weighted by Gasteiger charge is -2.23. The van der Waals surface area contributed by atoms with Gasteiger partial charge in [0, 0.05) is 25.2 Å². The summed E-state index contributed by atoms with van der Waals surface area (Å²) < 4.78 is 0. The molecule has 1 amide bonds. The van der Waals surface area contributed by atoms with E-state index >= 15 is 0 Å². The van der Waals surface area contributed by atoms with Gasteiger partial charge < -0.3 is 10.2 Å². The third kappa shape index (κ3) is 4.10. The summed E-state index contributed by atoms with van der Waals surface area (Å²) >= 11 is 6.05. The van der Waals surface area contributed by atoms with Gasteiger partial charge in [-0.25, -0.2) is 4.98 Å². The topological polar surface area (TPSA) is 45.2 Å². The van der Waals surface area contributed by atoms with Crippen LogP contribution in [0.25, 0.3) is 0 Å². The number of rotatable bonds is 7. The summed E-state index contributed by atoms with van der Waals surface area (Å²) in [6.07, 6.45) is 5.03. The van der Waals surface area contributed by atoms with Gasteiger partial charge in [0.05, 0.1) is 0 Å². The van der Waals surface area contributed by atoms with E-state index in [-0.39, 0.29) is 5.91 Å². The zero-order valence-electron chi connectivity index (χ0n) is 12.4. The molecule has 1 aromatic rings. The van der Waals surface area contributed by atoms with Gasteiger partial charge in [-0.1, -0.05) is 11.6 Å². The molecule has 0 unspecified atom stereocenters. The van der Waals surface area contributed by atoms with E-state index in [1.807, 2.05) is 17.9 Å². The lowest BCUT2D eigenvalue weighted by atomic mass is 10.2. The van der Waals surface area contributed by atoms with Gasteiger partial charge in [0.25, 0.3) is 5.91 Å². The van der Waals surface area contributed by atoms with Crippen LogP contribution in [-0.4, -0.2) is 35.4 Å². The number of carbonyl (C=O) groups excluding carboxylic acids is 1. The predicted molar refractivity (Wildman–Crippen MR) is 84.8 cm³/mol. The second-order valence-corrected chi connectivity index (χ2v) is 6.58. The molecule has 0 saturated heterocycles. The van der Waals surface area contributed by atoms with E-state index in [0.29, 0.717) is 28.4 Å². The smallest absolute Gasteiger partial charge is 0.254 e. The SMILES string of the molecule is CCNc1cc(C(=O)N(CC2CC2)CC2CC2)cc(Cl)n1. The van der Waals surface area contributed by atoms with Gasteiger partial charge in [0.15, 0.2) is 0 Å². The molecule has 1 aromatic heterocycles. The highest BCUT2D eigenvalue weighted by Crippen LogP contribution is 2.34. The second kappa shape index (κ2) is 6.22. The molecule has 2 fully saturated rings. The molecule has 4 nitrogen and oxygen atoms in total. The number of hydrogen-bond acceptors (Lipinski definition) is 3. The summed E-state index contributed by atoms with van der Waals surface area (Å²) in [4.78, 5) is 19.0. The van der Waals surface area contributed by atoms with E-state index in [9.17, 15) is 4.79 Å². The van der Waals surface area contributed by atoms with Gasteiger partial charge in [-0.05, 0) is 56.6 Å². The Morgan fingerprint density at radius 1 is 1.29 bits per heavy atom. The molecule has 0 aromatic carbocycles. The van der Waals surface area contributed by atoms with Crippen molar-refractivity contribution in [2.45, 2.75) is 32.6 Å². The van der Waals surface area contributed by atoms with Crippen LogP contribution in [0.2, 0.25) is 5.15 Å². The van der Waals surface area contributed by atoms with Gasteiger partial charge in [-0.2, -0.15) is 0 Å². The van der Waals surface area contributed by atoms with Crippen molar-refractivity contribution in [1.82, 2.24) is 9.88 Å². The summed E-state index contributed by atoms with van der Waals surface area (Å²) in [5.74, 6) is 2.18. The fourth-order valence-corrected chi connectivity index (χ4v) is 2.75. The van der Waals surface area contributed by atoms with Crippen molar-refractivity contribution in [3.05, 3.63) is 22.8 Å². The number of nitrogens with zero attached hydrogens (tertiary/aromatic N) is 2.